The summed E-state index contributed by atoms with van der Waals surface area (Å²) in [7, 11) is 4.02. The van der Waals surface area contributed by atoms with Crippen molar-refractivity contribution >= 4 is 11.8 Å². The van der Waals surface area contributed by atoms with Crippen LogP contribution in [-0.4, -0.2) is 37.4 Å². The van der Waals surface area contributed by atoms with Gasteiger partial charge in [-0.3, -0.25) is 20.4 Å². The lowest BCUT2D eigenvalue weighted by molar-refractivity contribution is -0.0140. The van der Waals surface area contributed by atoms with Crippen molar-refractivity contribution in [1.82, 2.24) is 15.8 Å². The molecule has 35 heavy (non-hydrogen) atoms. The summed E-state index contributed by atoms with van der Waals surface area (Å²) in [5, 5.41) is 0. The van der Waals surface area contributed by atoms with E-state index in [-0.39, 0.29) is 11.4 Å². The number of fused-ring (bicyclic) bond motifs is 1. The van der Waals surface area contributed by atoms with Crippen LogP contribution in [0.1, 0.15) is 50.2 Å². The number of ether oxygens (including phenoxy) is 1. The fraction of sp³-hybridized carbons (Fsp3) is 0.259. The third kappa shape index (κ3) is 5.39. The van der Waals surface area contributed by atoms with Crippen LogP contribution in [0.25, 0.3) is 0 Å². The van der Waals surface area contributed by atoms with Crippen molar-refractivity contribution in [2.45, 2.75) is 25.0 Å². The number of hydrazine groups is 1. The number of amides is 2. The first-order chi connectivity index (χ1) is 16.8. The molecule has 0 radical (unpaired) electrons. The van der Waals surface area contributed by atoms with Crippen LogP contribution < -0.4 is 10.9 Å². The van der Waals surface area contributed by atoms with Gasteiger partial charge in [0.15, 0.2) is 0 Å². The zero-order valence-corrected chi connectivity index (χ0v) is 19.6. The number of carbonyl (C=O) groups excluding carboxylic acids is 2. The zero-order chi connectivity index (χ0) is 25.0. The minimum Gasteiger partial charge on any atom is -0.361 e. The first-order valence-corrected chi connectivity index (χ1v) is 11.3. The number of rotatable bonds is 7. The Bertz CT molecular complexity index is 1210. The van der Waals surface area contributed by atoms with E-state index in [0.29, 0.717) is 18.6 Å². The van der Waals surface area contributed by atoms with E-state index in [0.717, 1.165) is 29.7 Å². The Balaban J connectivity index is 1.53. The SMILES string of the molecule is CN(C)CCCC1(c2ccc(F)cc2)OCc2cc(C(=O)NNC(=O)c3ccc(F)cc3)ccc21. The molecule has 1 atom stereocenters. The Kier molecular flexibility index (Phi) is 7.23. The van der Waals surface area contributed by atoms with Gasteiger partial charge in [-0.05, 0) is 98.7 Å². The van der Waals surface area contributed by atoms with Gasteiger partial charge in [0.2, 0.25) is 0 Å². The van der Waals surface area contributed by atoms with Crippen LogP contribution in [0.3, 0.4) is 0 Å². The highest BCUT2D eigenvalue weighted by Gasteiger charge is 2.41. The van der Waals surface area contributed by atoms with Crippen LogP contribution in [-0.2, 0) is 16.9 Å². The minimum absolute atomic E-state index is 0.218. The molecule has 1 heterocycles. The normalized spacial score (nSPS) is 16.7. The monoisotopic (exact) mass is 479 g/mol. The first kappa shape index (κ1) is 24.5. The molecule has 6 nitrogen and oxygen atoms in total. The van der Waals surface area contributed by atoms with Crippen molar-refractivity contribution < 1.29 is 23.1 Å². The Labute approximate surface area is 202 Å². The molecule has 8 heteroatoms. The van der Waals surface area contributed by atoms with Crippen LogP contribution in [0.4, 0.5) is 8.78 Å². The van der Waals surface area contributed by atoms with Gasteiger partial charge < -0.3 is 9.64 Å². The van der Waals surface area contributed by atoms with Crippen molar-refractivity contribution in [3.63, 3.8) is 0 Å². The molecule has 1 unspecified atom stereocenters. The molecule has 1 aliphatic rings. The van der Waals surface area contributed by atoms with Gasteiger partial charge in [0.1, 0.15) is 17.2 Å². The fourth-order valence-electron chi connectivity index (χ4n) is 4.34. The molecule has 3 aromatic rings. The molecule has 3 aromatic carbocycles. The number of halogens is 2. The molecule has 1 aliphatic heterocycles. The lowest BCUT2D eigenvalue weighted by Gasteiger charge is -2.31. The maximum Gasteiger partial charge on any atom is 0.269 e. The Morgan fingerprint density at radius 2 is 1.46 bits per heavy atom. The molecule has 0 bridgehead atoms. The Morgan fingerprint density at radius 1 is 0.886 bits per heavy atom. The van der Waals surface area contributed by atoms with Gasteiger partial charge in [-0.15, -0.1) is 0 Å². The third-order valence-corrected chi connectivity index (χ3v) is 6.12. The summed E-state index contributed by atoms with van der Waals surface area (Å²) >= 11 is 0. The van der Waals surface area contributed by atoms with Crippen molar-refractivity contribution in [3.05, 3.63) is 106 Å². The summed E-state index contributed by atoms with van der Waals surface area (Å²) in [5.74, 6) is -1.82. The molecular formula is C27H27F2N3O3. The molecule has 0 saturated carbocycles. The topological polar surface area (TPSA) is 70.7 Å². The molecule has 0 aliphatic carbocycles. The van der Waals surface area contributed by atoms with Crippen LogP contribution in [0, 0.1) is 11.6 Å². The maximum atomic E-state index is 13.6. The van der Waals surface area contributed by atoms with Crippen molar-refractivity contribution in [3.8, 4) is 0 Å². The molecule has 182 valence electrons. The Hall–Kier alpha value is -3.62. The number of hydrogen-bond acceptors (Lipinski definition) is 4. The standard InChI is InChI=1S/C27H27F2N3O3/c1-32(2)15-3-14-27(21-7-11-23(29)12-8-21)24-13-6-19(16-20(24)17-35-27)26(34)31-30-25(33)18-4-9-22(28)10-5-18/h4-13,16H,3,14-15,17H2,1-2H3,(H,30,33)(H,31,34). The van der Waals surface area contributed by atoms with Crippen LogP contribution in [0.15, 0.2) is 66.7 Å². The van der Waals surface area contributed by atoms with Gasteiger partial charge in [0.25, 0.3) is 11.8 Å². The van der Waals surface area contributed by atoms with E-state index >= 15 is 0 Å². The number of carbonyl (C=O) groups is 2. The molecule has 4 rings (SSSR count). The van der Waals surface area contributed by atoms with Crippen molar-refractivity contribution in [2.75, 3.05) is 20.6 Å². The highest BCUT2D eigenvalue weighted by atomic mass is 19.1. The summed E-state index contributed by atoms with van der Waals surface area (Å²) in [6.07, 6.45) is 1.56. The Morgan fingerprint density at radius 3 is 2.09 bits per heavy atom. The van der Waals surface area contributed by atoms with Crippen molar-refractivity contribution in [2.24, 2.45) is 0 Å². The summed E-state index contributed by atoms with van der Waals surface area (Å²) in [6, 6.07) is 16.6. The van der Waals surface area contributed by atoms with Crippen molar-refractivity contribution in [1.29, 1.82) is 0 Å². The van der Waals surface area contributed by atoms with E-state index in [9.17, 15) is 18.4 Å². The van der Waals surface area contributed by atoms with Crippen LogP contribution >= 0.6 is 0 Å². The number of benzene rings is 3. The summed E-state index contributed by atoms with van der Waals surface area (Å²) in [4.78, 5) is 27.0. The van der Waals surface area contributed by atoms with E-state index in [4.69, 9.17) is 4.74 Å². The zero-order valence-electron chi connectivity index (χ0n) is 19.6. The molecule has 0 aromatic heterocycles. The van der Waals surface area contributed by atoms with E-state index in [1.807, 2.05) is 20.2 Å². The predicted molar refractivity (Wildman–Crippen MR) is 128 cm³/mol. The van der Waals surface area contributed by atoms with Gasteiger partial charge >= 0.3 is 0 Å². The second kappa shape index (κ2) is 10.3. The number of hydrogen-bond donors (Lipinski definition) is 2. The highest BCUT2D eigenvalue weighted by Crippen LogP contribution is 2.45. The number of nitrogens with one attached hydrogen (secondary N) is 2. The van der Waals surface area contributed by atoms with E-state index in [1.54, 1.807) is 24.3 Å². The quantitative estimate of drug-likeness (QED) is 0.500. The predicted octanol–water partition coefficient (Wildman–Crippen LogP) is 4.16. The molecule has 0 fully saturated rings. The lowest BCUT2D eigenvalue weighted by atomic mass is 9.81. The smallest absolute Gasteiger partial charge is 0.269 e. The largest absolute Gasteiger partial charge is 0.361 e. The fourth-order valence-corrected chi connectivity index (χ4v) is 4.34. The second-order valence-corrected chi connectivity index (χ2v) is 8.82. The molecule has 0 saturated heterocycles. The van der Waals surface area contributed by atoms with Gasteiger partial charge in [-0.2, -0.15) is 0 Å². The van der Waals surface area contributed by atoms with Crippen LogP contribution in [0.5, 0.6) is 0 Å². The van der Waals surface area contributed by atoms with E-state index in [2.05, 4.69) is 15.8 Å². The molecular weight excluding hydrogens is 452 g/mol. The van der Waals surface area contributed by atoms with Crippen LogP contribution in [0.2, 0.25) is 0 Å². The van der Waals surface area contributed by atoms with Gasteiger partial charge in [-0.25, -0.2) is 8.78 Å². The molecule has 2 amide bonds. The maximum absolute atomic E-state index is 13.6. The highest BCUT2D eigenvalue weighted by molar-refractivity contribution is 5.99. The van der Waals surface area contributed by atoms with E-state index < -0.39 is 23.2 Å². The first-order valence-electron chi connectivity index (χ1n) is 11.3. The summed E-state index contributed by atoms with van der Waals surface area (Å²) < 4.78 is 33.0. The minimum atomic E-state index is -0.731. The average Bonchev–Trinajstić information content (AvgIpc) is 3.21. The summed E-state index contributed by atoms with van der Waals surface area (Å²) in [6.45, 7) is 1.17. The molecule has 0 spiro atoms. The second-order valence-electron chi connectivity index (χ2n) is 8.82. The third-order valence-electron chi connectivity index (χ3n) is 6.12. The summed E-state index contributed by atoms with van der Waals surface area (Å²) in [5.41, 5.74) is 7.23. The average molecular weight is 480 g/mol. The van der Waals surface area contributed by atoms with Gasteiger partial charge in [-0.1, -0.05) is 18.2 Å². The number of nitrogens with zero attached hydrogens (tertiary/aromatic N) is 1. The molecule has 2 N–H and O–H groups in total. The van der Waals surface area contributed by atoms with Gasteiger partial charge in [0.05, 0.1) is 6.61 Å². The van der Waals surface area contributed by atoms with Gasteiger partial charge in [0, 0.05) is 11.1 Å². The lowest BCUT2D eigenvalue weighted by Crippen LogP contribution is -2.41. The van der Waals surface area contributed by atoms with E-state index in [1.165, 1.54) is 36.4 Å².